The fourth-order valence-corrected chi connectivity index (χ4v) is 1.42. The van der Waals surface area contributed by atoms with Gasteiger partial charge in [0.1, 0.15) is 6.33 Å². The molecule has 1 aliphatic heterocycles. The van der Waals surface area contributed by atoms with Crippen molar-refractivity contribution in [2.24, 2.45) is 0 Å². The van der Waals surface area contributed by atoms with Gasteiger partial charge in [0.15, 0.2) is 5.82 Å². The lowest BCUT2D eigenvalue weighted by Crippen LogP contribution is -1.97. The number of nitrogens with zero attached hydrogens (tertiary/aromatic N) is 3. The normalized spacial score (nSPS) is 17.6. The Morgan fingerprint density at radius 1 is 1.45 bits per heavy atom. The molecule has 0 unspecified atom stereocenters. The van der Waals surface area contributed by atoms with Crippen LogP contribution < -0.4 is 0 Å². The van der Waals surface area contributed by atoms with Crippen molar-refractivity contribution in [2.75, 3.05) is 0 Å². The van der Waals surface area contributed by atoms with E-state index in [1.54, 1.807) is 6.33 Å². The van der Waals surface area contributed by atoms with Gasteiger partial charge in [0.25, 0.3) is 0 Å². The van der Waals surface area contributed by atoms with Crippen LogP contribution >= 0.6 is 0 Å². The Morgan fingerprint density at radius 2 is 2.36 bits per heavy atom. The number of aromatic nitrogens is 3. The Bertz CT molecular complexity index is 275. The Morgan fingerprint density at radius 3 is 3.27 bits per heavy atom. The third kappa shape index (κ3) is 1.06. The lowest BCUT2D eigenvalue weighted by molar-refractivity contribution is 0.633. The molecule has 2 heterocycles. The minimum Gasteiger partial charge on any atom is -0.314 e. The zero-order valence-corrected chi connectivity index (χ0v) is 6.45. The van der Waals surface area contributed by atoms with Crippen molar-refractivity contribution in [2.45, 2.75) is 25.8 Å². The SMILES string of the molecule is C=C1CCCCn2cnnc21. The maximum atomic E-state index is 4.01. The molecule has 2 rings (SSSR count). The Balaban J connectivity index is 2.41. The number of hydrogen-bond acceptors (Lipinski definition) is 2. The zero-order valence-electron chi connectivity index (χ0n) is 6.45. The fraction of sp³-hybridized carbons (Fsp3) is 0.500. The van der Waals surface area contributed by atoms with E-state index in [-0.39, 0.29) is 0 Å². The highest BCUT2D eigenvalue weighted by Gasteiger charge is 2.11. The molecule has 0 fully saturated rings. The Labute approximate surface area is 65.8 Å². The summed E-state index contributed by atoms with van der Waals surface area (Å²) in [7, 11) is 0. The van der Waals surface area contributed by atoms with E-state index in [1.165, 1.54) is 12.8 Å². The van der Waals surface area contributed by atoms with Crippen LogP contribution in [0.5, 0.6) is 0 Å². The molecule has 0 radical (unpaired) electrons. The first-order chi connectivity index (χ1) is 5.38. The van der Waals surface area contributed by atoms with E-state index in [1.807, 2.05) is 0 Å². The molecule has 11 heavy (non-hydrogen) atoms. The second-order valence-corrected chi connectivity index (χ2v) is 2.91. The van der Waals surface area contributed by atoms with Gasteiger partial charge in [-0.15, -0.1) is 10.2 Å². The van der Waals surface area contributed by atoms with Gasteiger partial charge in [-0.05, 0) is 24.8 Å². The van der Waals surface area contributed by atoms with Gasteiger partial charge in [0, 0.05) is 6.54 Å². The first-order valence-corrected chi connectivity index (χ1v) is 3.94. The predicted octanol–water partition coefficient (Wildman–Crippen LogP) is 1.48. The van der Waals surface area contributed by atoms with Gasteiger partial charge >= 0.3 is 0 Å². The number of hydrogen-bond donors (Lipinski definition) is 0. The standard InChI is InChI=1S/C8H11N3/c1-7-4-2-3-5-11-6-9-10-8(7)11/h6H,1-5H2. The van der Waals surface area contributed by atoms with Gasteiger partial charge in [-0.25, -0.2) is 0 Å². The van der Waals surface area contributed by atoms with Crippen LogP contribution in [0.15, 0.2) is 12.9 Å². The quantitative estimate of drug-likeness (QED) is 0.559. The van der Waals surface area contributed by atoms with Gasteiger partial charge in [0.05, 0.1) is 0 Å². The summed E-state index contributed by atoms with van der Waals surface area (Å²) in [5, 5.41) is 7.86. The zero-order chi connectivity index (χ0) is 7.68. The van der Waals surface area contributed by atoms with Crippen molar-refractivity contribution in [3.8, 4) is 0 Å². The van der Waals surface area contributed by atoms with Gasteiger partial charge in [-0.2, -0.15) is 0 Å². The highest BCUT2D eigenvalue weighted by atomic mass is 15.3. The summed E-state index contributed by atoms with van der Waals surface area (Å²) < 4.78 is 2.08. The monoisotopic (exact) mass is 149 g/mol. The molecule has 1 aromatic heterocycles. The topological polar surface area (TPSA) is 30.7 Å². The summed E-state index contributed by atoms with van der Waals surface area (Å²) in [4.78, 5) is 0. The first-order valence-electron chi connectivity index (χ1n) is 3.94. The minimum atomic E-state index is 0.975. The van der Waals surface area contributed by atoms with Crippen LogP contribution in [0.2, 0.25) is 0 Å². The van der Waals surface area contributed by atoms with Crippen molar-refractivity contribution in [3.63, 3.8) is 0 Å². The summed E-state index contributed by atoms with van der Waals surface area (Å²) in [5.41, 5.74) is 1.13. The molecular weight excluding hydrogens is 138 g/mol. The van der Waals surface area contributed by atoms with Gasteiger partial charge < -0.3 is 4.57 Å². The van der Waals surface area contributed by atoms with E-state index in [4.69, 9.17) is 0 Å². The number of rotatable bonds is 0. The van der Waals surface area contributed by atoms with Crippen LogP contribution in [0, 0.1) is 0 Å². The molecule has 3 heteroatoms. The molecule has 0 amide bonds. The molecule has 58 valence electrons. The van der Waals surface area contributed by atoms with E-state index < -0.39 is 0 Å². The molecule has 0 bridgehead atoms. The molecular formula is C8H11N3. The third-order valence-electron chi connectivity index (χ3n) is 2.06. The van der Waals surface area contributed by atoms with Crippen molar-refractivity contribution < 1.29 is 0 Å². The van der Waals surface area contributed by atoms with Crippen molar-refractivity contribution in [1.29, 1.82) is 0 Å². The van der Waals surface area contributed by atoms with E-state index >= 15 is 0 Å². The molecule has 0 aromatic carbocycles. The Kier molecular flexibility index (Phi) is 1.49. The lowest BCUT2D eigenvalue weighted by atomic mass is 10.1. The maximum Gasteiger partial charge on any atom is 0.159 e. The molecule has 0 N–H and O–H groups in total. The van der Waals surface area contributed by atoms with E-state index in [2.05, 4.69) is 21.3 Å². The van der Waals surface area contributed by atoms with Crippen molar-refractivity contribution in [3.05, 3.63) is 18.7 Å². The van der Waals surface area contributed by atoms with E-state index in [0.29, 0.717) is 0 Å². The molecule has 0 atom stereocenters. The van der Waals surface area contributed by atoms with Crippen LogP contribution in [0.1, 0.15) is 25.1 Å². The molecule has 0 aliphatic carbocycles. The lowest BCUT2D eigenvalue weighted by Gasteiger charge is -1.99. The van der Waals surface area contributed by atoms with Crippen LogP contribution in [0.25, 0.3) is 5.57 Å². The van der Waals surface area contributed by atoms with Crippen LogP contribution in [0.4, 0.5) is 0 Å². The summed E-state index contributed by atoms with van der Waals surface area (Å²) >= 11 is 0. The third-order valence-corrected chi connectivity index (χ3v) is 2.06. The van der Waals surface area contributed by atoms with E-state index in [0.717, 1.165) is 24.4 Å². The summed E-state index contributed by atoms with van der Waals surface area (Å²) in [6.45, 7) is 5.01. The van der Waals surface area contributed by atoms with Crippen LogP contribution in [0.3, 0.4) is 0 Å². The number of fused-ring (bicyclic) bond motifs is 1. The summed E-state index contributed by atoms with van der Waals surface area (Å²) in [6, 6.07) is 0. The molecule has 0 saturated carbocycles. The maximum absolute atomic E-state index is 4.01. The van der Waals surface area contributed by atoms with Crippen molar-refractivity contribution in [1.82, 2.24) is 14.8 Å². The first kappa shape index (κ1) is 6.58. The molecule has 0 saturated heterocycles. The van der Waals surface area contributed by atoms with Crippen LogP contribution in [-0.2, 0) is 6.54 Å². The largest absolute Gasteiger partial charge is 0.314 e. The number of allylic oxidation sites excluding steroid dienone is 1. The van der Waals surface area contributed by atoms with Gasteiger partial charge in [-0.3, -0.25) is 0 Å². The second-order valence-electron chi connectivity index (χ2n) is 2.91. The highest BCUT2D eigenvalue weighted by Crippen LogP contribution is 2.20. The Hall–Kier alpha value is -1.12. The number of aryl methyl sites for hydroxylation is 1. The highest BCUT2D eigenvalue weighted by molar-refractivity contribution is 5.56. The van der Waals surface area contributed by atoms with Gasteiger partial charge in [-0.1, -0.05) is 6.58 Å². The summed E-state index contributed by atoms with van der Waals surface area (Å²) in [5.74, 6) is 0.975. The van der Waals surface area contributed by atoms with Crippen LogP contribution in [-0.4, -0.2) is 14.8 Å². The van der Waals surface area contributed by atoms with E-state index in [9.17, 15) is 0 Å². The second kappa shape index (κ2) is 2.49. The van der Waals surface area contributed by atoms with Gasteiger partial charge in [0.2, 0.25) is 0 Å². The molecule has 1 aliphatic rings. The average Bonchev–Trinajstić information content (AvgIpc) is 2.40. The minimum absolute atomic E-state index is 0.975. The molecule has 1 aromatic rings. The fourth-order valence-electron chi connectivity index (χ4n) is 1.42. The average molecular weight is 149 g/mol. The molecule has 0 spiro atoms. The smallest absolute Gasteiger partial charge is 0.159 e. The molecule has 3 nitrogen and oxygen atoms in total. The van der Waals surface area contributed by atoms with Crippen molar-refractivity contribution >= 4 is 5.57 Å². The summed E-state index contributed by atoms with van der Waals surface area (Å²) in [6.07, 6.45) is 5.29. The predicted molar refractivity (Wildman–Crippen MR) is 42.9 cm³/mol.